The van der Waals surface area contributed by atoms with E-state index in [1.807, 2.05) is 6.92 Å². The lowest BCUT2D eigenvalue weighted by molar-refractivity contribution is -0.385. The minimum atomic E-state index is -4.68. The number of hydrogen-bond acceptors (Lipinski definition) is 3. The highest BCUT2D eigenvalue weighted by atomic mass is 19.4. The fourth-order valence-electron chi connectivity index (χ4n) is 1.69. The van der Waals surface area contributed by atoms with E-state index in [0.29, 0.717) is 12.5 Å². The monoisotopic (exact) mass is 291 g/mol. The van der Waals surface area contributed by atoms with Crippen molar-refractivity contribution in [2.24, 2.45) is 0 Å². The van der Waals surface area contributed by atoms with Crippen LogP contribution in [0.15, 0.2) is 18.2 Å². The van der Waals surface area contributed by atoms with Gasteiger partial charge in [-0.25, -0.2) is 0 Å². The second kappa shape index (κ2) is 7.12. The van der Waals surface area contributed by atoms with Gasteiger partial charge in [-0.15, -0.1) is 0 Å². The fraction of sp³-hybridized carbons (Fsp3) is 0.538. The molecular formula is C13H16F3NO3. The van der Waals surface area contributed by atoms with Crippen molar-refractivity contribution in [1.82, 2.24) is 0 Å². The summed E-state index contributed by atoms with van der Waals surface area (Å²) in [6.07, 6.45) is -1.13. The third kappa shape index (κ3) is 4.71. The van der Waals surface area contributed by atoms with Crippen LogP contribution >= 0.6 is 0 Å². The molecule has 0 atom stereocenters. The number of halogens is 3. The summed E-state index contributed by atoms with van der Waals surface area (Å²) < 4.78 is 43.6. The van der Waals surface area contributed by atoms with Crippen molar-refractivity contribution in [2.45, 2.75) is 38.8 Å². The standard InChI is InChI=1S/C13H16F3NO3/c1-2-3-4-5-8-20-12-7-6-10(17(18)19)9-11(12)13(14,15)16/h6-7,9H,2-5,8H2,1H3. The molecule has 4 nitrogen and oxygen atoms in total. The molecule has 0 heterocycles. The first-order chi connectivity index (χ1) is 9.36. The summed E-state index contributed by atoms with van der Waals surface area (Å²) in [7, 11) is 0. The van der Waals surface area contributed by atoms with Gasteiger partial charge in [0.25, 0.3) is 5.69 Å². The van der Waals surface area contributed by atoms with E-state index in [-0.39, 0.29) is 12.4 Å². The lowest BCUT2D eigenvalue weighted by Gasteiger charge is -2.13. The van der Waals surface area contributed by atoms with E-state index in [9.17, 15) is 23.3 Å². The van der Waals surface area contributed by atoms with Gasteiger partial charge in [0.05, 0.1) is 11.5 Å². The van der Waals surface area contributed by atoms with E-state index in [2.05, 4.69) is 0 Å². The lowest BCUT2D eigenvalue weighted by atomic mass is 10.1. The molecule has 0 bridgehead atoms. The highest BCUT2D eigenvalue weighted by molar-refractivity contribution is 5.45. The number of hydrogen-bond donors (Lipinski definition) is 0. The van der Waals surface area contributed by atoms with Crippen molar-refractivity contribution in [3.8, 4) is 5.75 Å². The predicted molar refractivity (Wildman–Crippen MR) is 67.7 cm³/mol. The van der Waals surface area contributed by atoms with Crippen LogP contribution in [0.4, 0.5) is 18.9 Å². The van der Waals surface area contributed by atoms with Crippen molar-refractivity contribution in [1.29, 1.82) is 0 Å². The van der Waals surface area contributed by atoms with Gasteiger partial charge in [-0.3, -0.25) is 10.1 Å². The lowest BCUT2D eigenvalue weighted by Crippen LogP contribution is -2.10. The molecule has 1 rings (SSSR count). The molecule has 0 aliphatic rings. The molecule has 0 spiro atoms. The van der Waals surface area contributed by atoms with Crippen molar-refractivity contribution < 1.29 is 22.8 Å². The van der Waals surface area contributed by atoms with Crippen molar-refractivity contribution >= 4 is 5.69 Å². The first-order valence-electron chi connectivity index (χ1n) is 6.34. The third-order valence-corrected chi connectivity index (χ3v) is 2.73. The van der Waals surface area contributed by atoms with Crippen LogP contribution in [-0.4, -0.2) is 11.5 Å². The maximum atomic E-state index is 12.8. The average Bonchev–Trinajstić information content (AvgIpc) is 2.37. The molecule has 0 fully saturated rings. The van der Waals surface area contributed by atoms with E-state index < -0.39 is 22.4 Å². The van der Waals surface area contributed by atoms with Gasteiger partial charge in [0.2, 0.25) is 0 Å². The summed E-state index contributed by atoms with van der Waals surface area (Å²) >= 11 is 0. The molecule has 0 aliphatic heterocycles. The second-order valence-corrected chi connectivity index (χ2v) is 4.34. The summed E-state index contributed by atoms with van der Waals surface area (Å²) in [5, 5.41) is 10.5. The number of rotatable bonds is 7. The van der Waals surface area contributed by atoms with Crippen LogP contribution in [0.1, 0.15) is 38.2 Å². The Morgan fingerprint density at radius 3 is 2.50 bits per heavy atom. The average molecular weight is 291 g/mol. The Balaban J connectivity index is 2.81. The van der Waals surface area contributed by atoms with Crippen molar-refractivity contribution in [3.63, 3.8) is 0 Å². The molecule has 7 heteroatoms. The molecule has 20 heavy (non-hydrogen) atoms. The van der Waals surface area contributed by atoms with Crippen molar-refractivity contribution in [3.05, 3.63) is 33.9 Å². The van der Waals surface area contributed by atoms with Crippen LogP contribution in [0.5, 0.6) is 5.75 Å². The first-order valence-corrected chi connectivity index (χ1v) is 6.34. The maximum Gasteiger partial charge on any atom is 0.420 e. The van der Waals surface area contributed by atoms with Crippen LogP contribution in [0.2, 0.25) is 0 Å². The van der Waals surface area contributed by atoms with Gasteiger partial charge >= 0.3 is 6.18 Å². The van der Waals surface area contributed by atoms with E-state index >= 15 is 0 Å². The normalized spacial score (nSPS) is 11.4. The molecule has 1 aromatic carbocycles. The second-order valence-electron chi connectivity index (χ2n) is 4.34. The van der Waals surface area contributed by atoms with Crippen LogP contribution in [0.25, 0.3) is 0 Å². The Hall–Kier alpha value is -1.79. The van der Waals surface area contributed by atoms with Crippen LogP contribution in [0.3, 0.4) is 0 Å². The molecule has 0 saturated carbocycles. The molecule has 0 amide bonds. The van der Waals surface area contributed by atoms with E-state index in [1.54, 1.807) is 0 Å². The predicted octanol–water partition coefficient (Wildman–Crippen LogP) is 4.57. The molecule has 0 radical (unpaired) electrons. The molecule has 0 unspecified atom stereocenters. The van der Waals surface area contributed by atoms with Crippen LogP contribution in [-0.2, 0) is 6.18 Å². The maximum absolute atomic E-state index is 12.8. The Bertz CT molecular complexity index is 461. The summed E-state index contributed by atoms with van der Waals surface area (Å²) in [5.74, 6) is -0.361. The van der Waals surface area contributed by atoms with Gasteiger partial charge in [-0.05, 0) is 12.5 Å². The van der Waals surface area contributed by atoms with Crippen LogP contribution in [0, 0.1) is 10.1 Å². The molecule has 0 aromatic heterocycles. The Kier molecular flexibility index (Phi) is 5.79. The summed E-state index contributed by atoms with van der Waals surface area (Å²) in [6, 6.07) is 2.51. The fourth-order valence-corrected chi connectivity index (χ4v) is 1.69. The zero-order valence-corrected chi connectivity index (χ0v) is 11.1. The van der Waals surface area contributed by atoms with E-state index in [4.69, 9.17) is 4.74 Å². The molecule has 0 aliphatic carbocycles. The number of alkyl halides is 3. The highest BCUT2D eigenvalue weighted by Gasteiger charge is 2.36. The van der Waals surface area contributed by atoms with Gasteiger partial charge < -0.3 is 4.74 Å². The zero-order valence-electron chi connectivity index (χ0n) is 11.1. The number of benzene rings is 1. The quantitative estimate of drug-likeness (QED) is 0.420. The topological polar surface area (TPSA) is 52.4 Å². The molecule has 0 N–H and O–H groups in total. The first kappa shape index (κ1) is 16.3. The number of nitro groups is 1. The van der Waals surface area contributed by atoms with Gasteiger partial charge in [-0.1, -0.05) is 26.2 Å². The zero-order chi connectivity index (χ0) is 15.2. The molecule has 0 saturated heterocycles. The minimum Gasteiger partial charge on any atom is -0.493 e. The third-order valence-electron chi connectivity index (χ3n) is 2.73. The van der Waals surface area contributed by atoms with E-state index in [1.165, 1.54) is 0 Å². The summed E-state index contributed by atoms with van der Waals surface area (Å²) in [5.41, 5.74) is -1.71. The largest absolute Gasteiger partial charge is 0.493 e. The van der Waals surface area contributed by atoms with Gasteiger partial charge in [0.15, 0.2) is 0 Å². The highest BCUT2D eigenvalue weighted by Crippen LogP contribution is 2.38. The number of nitrogens with zero attached hydrogens (tertiary/aromatic N) is 1. The number of unbranched alkanes of at least 4 members (excludes halogenated alkanes) is 3. The molecule has 112 valence electrons. The molecular weight excluding hydrogens is 275 g/mol. The SMILES string of the molecule is CCCCCCOc1ccc([N+](=O)[O-])cc1C(F)(F)F. The van der Waals surface area contributed by atoms with Crippen LogP contribution < -0.4 is 4.74 Å². The Morgan fingerprint density at radius 2 is 1.95 bits per heavy atom. The summed E-state index contributed by atoms with van der Waals surface area (Å²) in [4.78, 5) is 9.66. The van der Waals surface area contributed by atoms with E-state index in [0.717, 1.165) is 31.4 Å². The number of nitro benzene ring substituents is 1. The minimum absolute atomic E-state index is 0.168. The number of non-ortho nitro benzene ring substituents is 1. The smallest absolute Gasteiger partial charge is 0.420 e. The summed E-state index contributed by atoms with van der Waals surface area (Å²) in [6.45, 7) is 2.19. The van der Waals surface area contributed by atoms with Gasteiger partial charge in [0.1, 0.15) is 11.3 Å². The van der Waals surface area contributed by atoms with Gasteiger partial charge in [0, 0.05) is 12.1 Å². The van der Waals surface area contributed by atoms with Crippen molar-refractivity contribution in [2.75, 3.05) is 6.61 Å². The molecule has 1 aromatic rings. The number of ether oxygens (including phenoxy) is 1. The van der Waals surface area contributed by atoms with Gasteiger partial charge in [-0.2, -0.15) is 13.2 Å². The Morgan fingerprint density at radius 1 is 1.25 bits per heavy atom. The Labute approximate surface area is 114 Å².